The van der Waals surface area contributed by atoms with Crippen LogP contribution in [0.3, 0.4) is 0 Å². The summed E-state index contributed by atoms with van der Waals surface area (Å²) in [6.07, 6.45) is 0. The standard InChI is InChI=1S/C20H15Cl2N3O4/c1-10-17(19(27)23-15-9-12(21)7-8-14(15)22)18(11(2)26)24-25(10)16-6-4-3-5-13(16)20(28)29/h3-9H,1-2H3,(H,23,27)(H,28,29). The molecule has 0 aliphatic heterocycles. The molecule has 0 saturated carbocycles. The van der Waals surface area contributed by atoms with Crippen LogP contribution < -0.4 is 5.32 Å². The van der Waals surface area contributed by atoms with Gasteiger partial charge in [-0.1, -0.05) is 35.3 Å². The van der Waals surface area contributed by atoms with E-state index in [1.807, 2.05) is 0 Å². The molecule has 9 heteroatoms. The molecule has 0 bridgehead atoms. The highest BCUT2D eigenvalue weighted by Gasteiger charge is 2.26. The number of halogens is 2. The molecule has 0 spiro atoms. The van der Waals surface area contributed by atoms with Crippen molar-refractivity contribution in [1.29, 1.82) is 0 Å². The fraction of sp³-hybridized carbons (Fsp3) is 0.100. The number of aromatic nitrogens is 2. The van der Waals surface area contributed by atoms with Gasteiger partial charge in [0.05, 0.1) is 33.2 Å². The van der Waals surface area contributed by atoms with Crippen LogP contribution >= 0.6 is 23.2 Å². The van der Waals surface area contributed by atoms with Crippen LogP contribution in [0, 0.1) is 6.92 Å². The molecule has 3 rings (SSSR count). The van der Waals surface area contributed by atoms with Crippen molar-refractivity contribution in [3.8, 4) is 5.69 Å². The molecule has 0 aliphatic rings. The lowest BCUT2D eigenvalue weighted by atomic mass is 10.1. The summed E-state index contributed by atoms with van der Waals surface area (Å²) >= 11 is 12.1. The minimum atomic E-state index is -1.16. The summed E-state index contributed by atoms with van der Waals surface area (Å²) in [7, 11) is 0. The molecule has 29 heavy (non-hydrogen) atoms. The van der Waals surface area contributed by atoms with Crippen LogP contribution in [0.5, 0.6) is 0 Å². The van der Waals surface area contributed by atoms with Crippen molar-refractivity contribution in [3.63, 3.8) is 0 Å². The number of benzene rings is 2. The number of amides is 1. The fourth-order valence-electron chi connectivity index (χ4n) is 2.87. The number of carboxylic acid groups (broad SMARTS) is 1. The van der Waals surface area contributed by atoms with Gasteiger partial charge in [0.1, 0.15) is 5.69 Å². The molecule has 148 valence electrons. The van der Waals surface area contributed by atoms with Crippen LogP contribution in [0.15, 0.2) is 42.5 Å². The monoisotopic (exact) mass is 431 g/mol. The topological polar surface area (TPSA) is 101 Å². The lowest BCUT2D eigenvalue weighted by Gasteiger charge is -2.10. The molecule has 1 aromatic heterocycles. The zero-order valence-electron chi connectivity index (χ0n) is 15.4. The number of hydrogen-bond acceptors (Lipinski definition) is 4. The summed E-state index contributed by atoms with van der Waals surface area (Å²) in [5, 5.41) is 16.9. The number of carbonyl (C=O) groups excluding carboxylic acids is 2. The van der Waals surface area contributed by atoms with Gasteiger partial charge < -0.3 is 10.4 Å². The molecule has 1 amide bonds. The van der Waals surface area contributed by atoms with Crippen molar-refractivity contribution in [3.05, 3.63) is 75.0 Å². The second-order valence-electron chi connectivity index (χ2n) is 6.18. The Morgan fingerprint density at radius 2 is 1.79 bits per heavy atom. The SMILES string of the molecule is CC(=O)c1nn(-c2ccccc2C(=O)O)c(C)c1C(=O)Nc1cc(Cl)ccc1Cl. The molecule has 2 aromatic carbocycles. The number of hydrogen-bond donors (Lipinski definition) is 2. The van der Waals surface area contributed by atoms with E-state index in [-0.39, 0.29) is 33.2 Å². The number of aromatic carboxylic acids is 1. The van der Waals surface area contributed by atoms with Gasteiger partial charge in [-0.15, -0.1) is 0 Å². The number of nitrogens with zero attached hydrogens (tertiary/aromatic N) is 2. The Balaban J connectivity index is 2.13. The van der Waals surface area contributed by atoms with Crippen LogP contribution in [0.1, 0.15) is 43.8 Å². The second kappa shape index (κ2) is 8.06. The summed E-state index contributed by atoms with van der Waals surface area (Å²) in [6.45, 7) is 2.85. The van der Waals surface area contributed by atoms with Gasteiger partial charge >= 0.3 is 5.97 Å². The first-order chi connectivity index (χ1) is 13.7. The number of carbonyl (C=O) groups is 3. The van der Waals surface area contributed by atoms with Gasteiger partial charge in [-0.3, -0.25) is 9.59 Å². The molecular formula is C20H15Cl2N3O4. The van der Waals surface area contributed by atoms with Gasteiger partial charge in [0, 0.05) is 11.9 Å². The Labute approximate surface area is 175 Å². The van der Waals surface area contributed by atoms with Crippen molar-refractivity contribution in [1.82, 2.24) is 9.78 Å². The minimum Gasteiger partial charge on any atom is -0.478 e. The van der Waals surface area contributed by atoms with Gasteiger partial charge in [0.15, 0.2) is 5.78 Å². The van der Waals surface area contributed by atoms with Crippen molar-refractivity contribution < 1.29 is 19.5 Å². The fourth-order valence-corrected chi connectivity index (χ4v) is 3.21. The molecule has 0 saturated heterocycles. The zero-order valence-corrected chi connectivity index (χ0v) is 16.9. The van der Waals surface area contributed by atoms with Gasteiger partial charge in [-0.25, -0.2) is 9.48 Å². The Morgan fingerprint density at radius 1 is 1.10 bits per heavy atom. The zero-order chi connectivity index (χ0) is 21.3. The van der Waals surface area contributed by atoms with Crippen molar-refractivity contribution >= 4 is 46.5 Å². The Kier molecular flexibility index (Phi) is 5.72. The summed E-state index contributed by atoms with van der Waals surface area (Å²) in [5.41, 5.74) is 0.737. The van der Waals surface area contributed by atoms with Crippen LogP contribution in [-0.4, -0.2) is 32.5 Å². The first kappa shape index (κ1) is 20.6. The summed E-state index contributed by atoms with van der Waals surface area (Å²) in [4.78, 5) is 36.7. The maximum Gasteiger partial charge on any atom is 0.337 e. The largest absolute Gasteiger partial charge is 0.478 e. The highest BCUT2D eigenvalue weighted by Crippen LogP contribution is 2.28. The van der Waals surface area contributed by atoms with Gasteiger partial charge in [0.25, 0.3) is 5.91 Å². The Hall–Kier alpha value is -3.16. The maximum absolute atomic E-state index is 13.0. The lowest BCUT2D eigenvalue weighted by molar-refractivity contribution is 0.0696. The number of carboxylic acids is 1. The number of ketones is 1. The quantitative estimate of drug-likeness (QED) is 0.572. The molecular weight excluding hydrogens is 417 g/mol. The highest BCUT2D eigenvalue weighted by atomic mass is 35.5. The number of rotatable bonds is 5. The van der Waals surface area contributed by atoms with Crippen molar-refractivity contribution in [2.45, 2.75) is 13.8 Å². The summed E-state index contributed by atoms with van der Waals surface area (Å²) in [6, 6.07) is 10.8. The van der Waals surface area contributed by atoms with E-state index < -0.39 is 17.7 Å². The third-order valence-electron chi connectivity index (χ3n) is 4.22. The molecule has 2 N–H and O–H groups in total. The maximum atomic E-state index is 13.0. The molecule has 1 heterocycles. The third kappa shape index (κ3) is 4.01. The third-order valence-corrected chi connectivity index (χ3v) is 4.78. The summed E-state index contributed by atoms with van der Waals surface area (Å²) < 4.78 is 1.27. The Morgan fingerprint density at radius 3 is 2.45 bits per heavy atom. The first-order valence-corrected chi connectivity index (χ1v) is 9.16. The molecule has 0 radical (unpaired) electrons. The predicted molar refractivity (Wildman–Crippen MR) is 110 cm³/mol. The molecule has 0 aliphatic carbocycles. The average molecular weight is 432 g/mol. The van der Waals surface area contributed by atoms with E-state index in [2.05, 4.69) is 10.4 Å². The van der Waals surface area contributed by atoms with E-state index in [0.29, 0.717) is 10.7 Å². The highest BCUT2D eigenvalue weighted by molar-refractivity contribution is 6.36. The number of para-hydroxylation sites is 1. The number of Topliss-reactive ketones (excluding diaryl/α,β-unsaturated/α-hetero) is 1. The van der Waals surface area contributed by atoms with E-state index in [1.54, 1.807) is 31.2 Å². The summed E-state index contributed by atoms with van der Waals surface area (Å²) in [5.74, 6) is -2.21. The Bertz CT molecular complexity index is 1150. The average Bonchev–Trinajstić information content (AvgIpc) is 3.02. The molecule has 7 nitrogen and oxygen atoms in total. The smallest absolute Gasteiger partial charge is 0.337 e. The van der Waals surface area contributed by atoms with Crippen molar-refractivity contribution in [2.24, 2.45) is 0 Å². The predicted octanol–water partition coefficient (Wildman–Crippen LogP) is 4.64. The molecule has 0 atom stereocenters. The molecule has 0 unspecified atom stereocenters. The second-order valence-corrected chi connectivity index (χ2v) is 7.02. The van der Waals surface area contributed by atoms with Crippen molar-refractivity contribution in [2.75, 3.05) is 5.32 Å². The lowest BCUT2D eigenvalue weighted by Crippen LogP contribution is -2.16. The van der Waals surface area contributed by atoms with Gasteiger partial charge in [-0.05, 0) is 37.3 Å². The number of anilines is 1. The molecule has 0 fully saturated rings. The van der Waals surface area contributed by atoms with Crippen LogP contribution in [0.2, 0.25) is 10.0 Å². The first-order valence-electron chi connectivity index (χ1n) is 8.40. The van der Waals surface area contributed by atoms with Gasteiger partial charge in [-0.2, -0.15) is 5.10 Å². The molecule has 3 aromatic rings. The van der Waals surface area contributed by atoms with E-state index in [9.17, 15) is 19.5 Å². The van der Waals surface area contributed by atoms with E-state index >= 15 is 0 Å². The normalized spacial score (nSPS) is 10.6. The minimum absolute atomic E-state index is 0.0157. The van der Waals surface area contributed by atoms with Crippen LogP contribution in [0.4, 0.5) is 5.69 Å². The van der Waals surface area contributed by atoms with E-state index in [4.69, 9.17) is 23.2 Å². The van der Waals surface area contributed by atoms with Crippen LogP contribution in [-0.2, 0) is 0 Å². The van der Waals surface area contributed by atoms with Crippen LogP contribution in [0.25, 0.3) is 5.69 Å². The van der Waals surface area contributed by atoms with E-state index in [0.717, 1.165) is 0 Å². The number of nitrogens with one attached hydrogen (secondary N) is 1. The van der Waals surface area contributed by atoms with E-state index in [1.165, 1.54) is 29.8 Å². The van der Waals surface area contributed by atoms with Gasteiger partial charge in [0.2, 0.25) is 0 Å².